The first kappa shape index (κ1) is 12.4. The molecule has 0 spiro atoms. The Labute approximate surface area is 97.4 Å². The molecule has 0 atom stereocenters. The van der Waals surface area contributed by atoms with E-state index in [-0.39, 0.29) is 35.4 Å². The Balaban J connectivity index is 0.00000144. The largest absolute Gasteiger partial charge is 1.00 e. The van der Waals surface area contributed by atoms with E-state index < -0.39 is 5.97 Å². The molecule has 0 radical (unpaired) electrons. The Morgan fingerprint density at radius 1 is 1.31 bits per heavy atom. The van der Waals surface area contributed by atoms with E-state index in [9.17, 15) is 14.3 Å². The van der Waals surface area contributed by atoms with Gasteiger partial charge in [-0.25, -0.2) is 4.39 Å². The maximum Gasteiger partial charge on any atom is 1.00 e. The van der Waals surface area contributed by atoms with Gasteiger partial charge in [-0.3, -0.25) is 0 Å². The first-order chi connectivity index (χ1) is 5.68. The van der Waals surface area contributed by atoms with E-state index in [1.165, 1.54) is 30.3 Å². The van der Waals surface area contributed by atoms with Gasteiger partial charge in [-0.05, 0) is 23.8 Å². The second-order valence-electron chi connectivity index (χ2n) is 2.20. The molecule has 0 saturated carbocycles. The topological polar surface area (TPSA) is 40.1 Å². The summed E-state index contributed by atoms with van der Waals surface area (Å²) in [5.41, 5.74) is 0.626. The predicted octanol–water partition coefficient (Wildman–Crippen LogP) is -2.41. The van der Waals surface area contributed by atoms with E-state index in [1.807, 2.05) is 0 Å². The van der Waals surface area contributed by atoms with Gasteiger partial charge in [0.2, 0.25) is 0 Å². The Bertz CT molecular complexity index is 306. The summed E-state index contributed by atoms with van der Waals surface area (Å²) in [5, 5.41) is 9.97. The summed E-state index contributed by atoms with van der Waals surface area (Å²) in [6.07, 6.45) is 2.24. The van der Waals surface area contributed by atoms with Crippen LogP contribution in [0.1, 0.15) is 5.56 Å². The van der Waals surface area contributed by atoms with Crippen molar-refractivity contribution in [3.05, 3.63) is 41.7 Å². The summed E-state index contributed by atoms with van der Waals surface area (Å²) in [4.78, 5) is 9.97. The van der Waals surface area contributed by atoms with Crippen LogP contribution in [-0.2, 0) is 4.79 Å². The molecule has 0 fully saturated rings. The maximum atomic E-state index is 12.3. The van der Waals surface area contributed by atoms with Gasteiger partial charge >= 0.3 is 29.6 Å². The number of aliphatic carboxylic acids is 1. The van der Waals surface area contributed by atoms with E-state index >= 15 is 0 Å². The van der Waals surface area contributed by atoms with Crippen LogP contribution in [0, 0.1) is 5.82 Å². The number of carbonyl (C=O) groups is 1. The number of carboxylic acid groups (broad SMARTS) is 1. The van der Waals surface area contributed by atoms with Crippen molar-refractivity contribution >= 4 is 12.0 Å². The monoisotopic (exact) mass is 188 g/mol. The molecule has 0 aliphatic heterocycles. The molecule has 4 heteroatoms. The van der Waals surface area contributed by atoms with E-state index in [1.54, 1.807) is 0 Å². The predicted molar refractivity (Wildman–Crippen MR) is 40.4 cm³/mol. The van der Waals surface area contributed by atoms with Gasteiger partial charge in [0.15, 0.2) is 0 Å². The van der Waals surface area contributed by atoms with Gasteiger partial charge in [0.05, 0.1) is 5.97 Å². The minimum atomic E-state index is -1.26. The molecule has 1 rings (SSSR count). The van der Waals surface area contributed by atoms with Crippen molar-refractivity contribution in [2.75, 3.05) is 0 Å². The van der Waals surface area contributed by atoms with Crippen LogP contribution >= 0.6 is 0 Å². The molecule has 0 aliphatic carbocycles. The van der Waals surface area contributed by atoms with Gasteiger partial charge < -0.3 is 9.90 Å². The molecule has 0 bridgehead atoms. The minimum Gasteiger partial charge on any atom is -0.545 e. The van der Waals surface area contributed by atoms with Crippen LogP contribution in [0.4, 0.5) is 4.39 Å². The molecule has 1 aromatic carbocycles. The van der Waals surface area contributed by atoms with Gasteiger partial charge in [0.1, 0.15) is 5.82 Å². The van der Waals surface area contributed by atoms with Crippen molar-refractivity contribution in [3.63, 3.8) is 0 Å². The fourth-order valence-corrected chi connectivity index (χ4v) is 0.738. The molecule has 0 aliphatic rings. The van der Waals surface area contributed by atoms with Gasteiger partial charge in [-0.15, -0.1) is 0 Å². The smallest absolute Gasteiger partial charge is 0.545 e. The second kappa shape index (κ2) is 5.91. The second-order valence-corrected chi connectivity index (χ2v) is 2.20. The summed E-state index contributed by atoms with van der Waals surface area (Å²) in [7, 11) is 0. The van der Waals surface area contributed by atoms with Crippen LogP contribution in [0.15, 0.2) is 30.3 Å². The zero-order valence-electron chi connectivity index (χ0n) is 7.16. The SMILES string of the molecule is O=C([O-])/C=C/c1ccc(F)cc1.[Na+]. The Hall–Kier alpha value is -0.640. The van der Waals surface area contributed by atoms with Gasteiger partial charge in [-0.1, -0.05) is 18.2 Å². The van der Waals surface area contributed by atoms with Crippen molar-refractivity contribution in [3.8, 4) is 0 Å². The number of hydrogen-bond donors (Lipinski definition) is 0. The fraction of sp³-hybridized carbons (Fsp3) is 0. The Kier molecular flexibility index (Phi) is 5.62. The van der Waals surface area contributed by atoms with Crippen LogP contribution in [0.2, 0.25) is 0 Å². The normalized spacial score (nSPS) is 9.62. The number of rotatable bonds is 2. The summed E-state index contributed by atoms with van der Waals surface area (Å²) < 4.78 is 12.3. The average Bonchev–Trinajstić information content (AvgIpc) is 2.03. The van der Waals surface area contributed by atoms with Crippen molar-refractivity contribution < 1.29 is 43.8 Å². The number of benzene rings is 1. The van der Waals surface area contributed by atoms with Crippen molar-refractivity contribution in [2.24, 2.45) is 0 Å². The number of carboxylic acids is 1. The fourth-order valence-electron chi connectivity index (χ4n) is 0.738. The molecular weight excluding hydrogens is 182 g/mol. The third-order valence-electron chi connectivity index (χ3n) is 1.28. The molecule has 62 valence electrons. The van der Waals surface area contributed by atoms with E-state index in [4.69, 9.17) is 0 Å². The zero-order valence-corrected chi connectivity index (χ0v) is 9.16. The van der Waals surface area contributed by atoms with Gasteiger partial charge in [0, 0.05) is 0 Å². The van der Waals surface area contributed by atoms with Crippen molar-refractivity contribution in [2.45, 2.75) is 0 Å². The van der Waals surface area contributed by atoms with Gasteiger partial charge in [-0.2, -0.15) is 0 Å². The van der Waals surface area contributed by atoms with Crippen LogP contribution in [-0.4, -0.2) is 5.97 Å². The third kappa shape index (κ3) is 4.83. The Morgan fingerprint density at radius 2 is 1.85 bits per heavy atom. The van der Waals surface area contributed by atoms with Crippen LogP contribution in [0.3, 0.4) is 0 Å². The van der Waals surface area contributed by atoms with E-state index in [0.717, 1.165) is 6.08 Å². The Morgan fingerprint density at radius 3 is 2.31 bits per heavy atom. The zero-order chi connectivity index (χ0) is 8.97. The molecule has 0 aromatic heterocycles. The average molecular weight is 188 g/mol. The van der Waals surface area contributed by atoms with Gasteiger partial charge in [0.25, 0.3) is 0 Å². The minimum absolute atomic E-state index is 0. The molecule has 0 unspecified atom stereocenters. The molecule has 2 nitrogen and oxygen atoms in total. The molecular formula is C9H6FNaO2. The molecule has 0 N–H and O–H groups in total. The summed E-state index contributed by atoms with van der Waals surface area (Å²) >= 11 is 0. The molecule has 0 heterocycles. The molecule has 13 heavy (non-hydrogen) atoms. The van der Waals surface area contributed by atoms with Crippen molar-refractivity contribution in [1.82, 2.24) is 0 Å². The summed E-state index contributed by atoms with van der Waals surface area (Å²) in [6.45, 7) is 0. The quantitative estimate of drug-likeness (QED) is 0.383. The number of carbonyl (C=O) groups excluding carboxylic acids is 1. The van der Waals surface area contributed by atoms with E-state index in [2.05, 4.69) is 0 Å². The maximum absolute atomic E-state index is 12.3. The van der Waals surface area contributed by atoms with E-state index in [0.29, 0.717) is 5.56 Å². The van der Waals surface area contributed by atoms with Crippen LogP contribution in [0.5, 0.6) is 0 Å². The molecule has 0 amide bonds. The van der Waals surface area contributed by atoms with Crippen LogP contribution in [0.25, 0.3) is 6.08 Å². The standard InChI is InChI=1S/C9H7FO2.Na/c10-8-4-1-7(2-5-8)3-6-9(11)12;/h1-6H,(H,11,12);/q;+1/p-1/b6-3+;. The first-order valence-corrected chi connectivity index (χ1v) is 3.33. The number of halogens is 1. The summed E-state index contributed by atoms with van der Waals surface area (Å²) in [6, 6.07) is 5.48. The van der Waals surface area contributed by atoms with Crippen LogP contribution < -0.4 is 34.7 Å². The first-order valence-electron chi connectivity index (χ1n) is 3.33. The third-order valence-corrected chi connectivity index (χ3v) is 1.28. The van der Waals surface area contributed by atoms with Crippen molar-refractivity contribution in [1.29, 1.82) is 0 Å². The number of hydrogen-bond acceptors (Lipinski definition) is 2. The molecule has 1 aromatic rings. The molecule has 0 saturated heterocycles. The summed E-state index contributed by atoms with van der Waals surface area (Å²) in [5.74, 6) is -1.61.